The van der Waals surface area contributed by atoms with Gasteiger partial charge in [-0.25, -0.2) is 9.37 Å². The molecule has 0 bridgehead atoms. The van der Waals surface area contributed by atoms with Gasteiger partial charge in [0.25, 0.3) is 11.5 Å². The van der Waals surface area contributed by atoms with E-state index in [4.69, 9.17) is 4.74 Å². The summed E-state index contributed by atoms with van der Waals surface area (Å²) in [6.45, 7) is 4.07. The first kappa shape index (κ1) is 22.6. The van der Waals surface area contributed by atoms with E-state index in [2.05, 4.69) is 9.72 Å². The molecule has 1 aliphatic carbocycles. The summed E-state index contributed by atoms with van der Waals surface area (Å²) in [7, 11) is 0. The highest BCUT2D eigenvalue weighted by Crippen LogP contribution is 2.68. The molecule has 2 atom stereocenters. The lowest BCUT2D eigenvalue weighted by molar-refractivity contribution is -0.274. The number of alkyl halides is 3. The second-order valence-electron chi connectivity index (χ2n) is 9.63. The van der Waals surface area contributed by atoms with Crippen molar-refractivity contribution in [3.63, 3.8) is 0 Å². The summed E-state index contributed by atoms with van der Waals surface area (Å²) in [4.78, 5) is 32.1. The Hall–Kier alpha value is -3.83. The van der Waals surface area contributed by atoms with Gasteiger partial charge in [0.1, 0.15) is 22.7 Å². The molecule has 188 valence electrons. The zero-order valence-corrected chi connectivity index (χ0v) is 19.2. The molecule has 0 unspecified atom stereocenters. The number of aromatic nitrogens is 3. The maximum Gasteiger partial charge on any atom is 0.573 e. The fraction of sp³-hybridized carbons (Fsp3) is 0.375. The Morgan fingerprint density at radius 2 is 1.97 bits per heavy atom. The summed E-state index contributed by atoms with van der Waals surface area (Å²) in [6.07, 6.45) is -1.34. The summed E-state index contributed by atoms with van der Waals surface area (Å²) in [6, 6.07) is 4.90. The zero-order valence-electron chi connectivity index (χ0n) is 19.2. The van der Waals surface area contributed by atoms with Gasteiger partial charge in [0.15, 0.2) is 11.6 Å². The minimum atomic E-state index is -4.98. The van der Waals surface area contributed by atoms with Crippen LogP contribution in [0.3, 0.4) is 0 Å². The fourth-order valence-corrected chi connectivity index (χ4v) is 5.49. The first-order chi connectivity index (χ1) is 16.9. The number of benzene rings is 1. The Morgan fingerprint density at radius 1 is 1.19 bits per heavy atom. The molecule has 1 fully saturated rings. The van der Waals surface area contributed by atoms with Crippen molar-refractivity contribution in [2.45, 2.75) is 44.2 Å². The number of aryl methyl sites for hydroxylation is 1. The molecule has 0 spiro atoms. The monoisotopic (exact) mass is 504 g/mol. The summed E-state index contributed by atoms with van der Waals surface area (Å²) in [5.74, 6) is -2.16. The van der Waals surface area contributed by atoms with Crippen molar-refractivity contribution in [1.29, 1.82) is 0 Å². The third-order valence-electron chi connectivity index (χ3n) is 7.32. The second kappa shape index (κ2) is 7.11. The number of rotatable bonds is 4. The Labute approximate surface area is 201 Å². The number of hydrogen-bond acceptors (Lipinski definition) is 5. The molecule has 0 radical (unpaired) electrons. The third-order valence-corrected chi connectivity index (χ3v) is 7.32. The number of carbonyl (C=O) groups is 1. The molecule has 12 heteroatoms. The van der Waals surface area contributed by atoms with Crippen molar-refractivity contribution in [2.24, 2.45) is 0 Å². The number of halogens is 4. The van der Waals surface area contributed by atoms with Crippen molar-refractivity contribution in [1.82, 2.24) is 19.0 Å². The van der Waals surface area contributed by atoms with Gasteiger partial charge in [-0.2, -0.15) is 0 Å². The van der Waals surface area contributed by atoms with Crippen LogP contribution in [0.15, 0.2) is 41.6 Å². The number of pyridine rings is 1. The highest BCUT2D eigenvalue weighted by Gasteiger charge is 2.73. The van der Waals surface area contributed by atoms with Crippen molar-refractivity contribution in [3.8, 4) is 17.2 Å². The molecular weight excluding hydrogens is 484 g/mol. The summed E-state index contributed by atoms with van der Waals surface area (Å²) in [5.41, 5.74) is -0.548. The topological polar surface area (TPSA) is 78.6 Å². The number of carbonyl (C=O) groups excluding carboxylic acids is 1. The Balaban J connectivity index is 1.32. The highest BCUT2D eigenvalue weighted by molar-refractivity contribution is 5.93. The first-order valence-corrected chi connectivity index (χ1v) is 11.2. The number of imidazole rings is 1. The molecule has 6 rings (SSSR count). The van der Waals surface area contributed by atoms with Crippen LogP contribution in [0.2, 0.25) is 0 Å². The van der Waals surface area contributed by atoms with Crippen molar-refractivity contribution >= 4 is 5.91 Å². The smallest absolute Gasteiger partial charge is 0.483 e. The number of ether oxygens (including phenoxy) is 2. The molecule has 1 amide bonds. The van der Waals surface area contributed by atoms with Crippen LogP contribution >= 0.6 is 0 Å². The van der Waals surface area contributed by atoms with Crippen molar-refractivity contribution in [2.75, 3.05) is 13.1 Å². The Morgan fingerprint density at radius 3 is 2.67 bits per heavy atom. The lowest BCUT2D eigenvalue weighted by Gasteiger charge is -2.32. The SMILES string of the molecule is Cc1cn(-c2ccc3n(c2=O)CCN(C[C@@]24C[C@]2(C)Oc2c(F)cc(OC(F)(F)F)cc24)C3=O)cn1. The average molecular weight is 504 g/mol. The van der Waals surface area contributed by atoms with Gasteiger partial charge in [0.2, 0.25) is 0 Å². The van der Waals surface area contributed by atoms with Gasteiger partial charge in [-0.3, -0.25) is 9.59 Å². The van der Waals surface area contributed by atoms with Gasteiger partial charge in [0, 0.05) is 43.9 Å². The highest BCUT2D eigenvalue weighted by atomic mass is 19.4. The first-order valence-electron chi connectivity index (χ1n) is 11.2. The van der Waals surface area contributed by atoms with Gasteiger partial charge in [0.05, 0.1) is 17.4 Å². The van der Waals surface area contributed by atoms with Gasteiger partial charge < -0.3 is 23.5 Å². The van der Waals surface area contributed by atoms with Crippen molar-refractivity contribution < 1.29 is 31.8 Å². The largest absolute Gasteiger partial charge is 0.573 e. The van der Waals surface area contributed by atoms with Gasteiger partial charge in [-0.1, -0.05) is 0 Å². The summed E-state index contributed by atoms with van der Waals surface area (Å²) >= 11 is 0. The van der Waals surface area contributed by atoms with Gasteiger partial charge in [-0.05, 0) is 32.0 Å². The summed E-state index contributed by atoms with van der Waals surface area (Å²) < 4.78 is 65.7. The Bertz CT molecular complexity index is 1500. The second-order valence-corrected chi connectivity index (χ2v) is 9.63. The molecule has 2 aromatic heterocycles. The van der Waals surface area contributed by atoms with Crippen LogP contribution in [-0.4, -0.2) is 50.0 Å². The lowest BCUT2D eigenvalue weighted by Crippen LogP contribution is -2.48. The molecule has 1 aromatic carbocycles. The number of nitrogens with zero attached hydrogens (tertiary/aromatic N) is 4. The van der Waals surface area contributed by atoms with Gasteiger partial charge >= 0.3 is 6.36 Å². The number of amides is 1. The van der Waals surface area contributed by atoms with E-state index < -0.39 is 34.9 Å². The molecule has 3 aromatic rings. The molecule has 1 saturated carbocycles. The molecule has 2 aliphatic heterocycles. The third kappa shape index (κ3) is 3.23. The zero-order chi connectivity index (χ0) is 25.6. The molecule has 0 N–H and O–H groups in total. The molecule has 0 saturated heterocycles. The van der Waals surface area contributed by atoms with E-state index in [1.54, 1.807) is 36.7 Å². The molecule has 4 heterocycles. The predicted molar refractivity (Wildman–Crippen MR) is 117 cm³/mol. The van der Waals surface area contributed by atoms with Crippen LogP contribution in [0, 0.1) is 12.7 Å². The van der Waals surface area contributed by atoms with Crippen LogP contribution in [-0.2, 0) is 12.0 Å². The van der Waals surface area contributed by atoms with E-state index in [1.807, 2.05) is 0 Å². The normalized spacial score (nSPS) is 24.2. The quantitative estimate of drug-likeness (QED) is 0.510. The molecule has 8 nitrogen and oxygen atoms in total. The van der Waals surface area contributed by atoms with Gasteiger partial charge in [-0.15, -0.1) is 13.2 Å². The predicted octanol–water partition coefficient (Wildman–Crippen LogP) is 3.33. The minimum absolute atomic E-state index is 0.0981. The van der Waals surface area contributed by atoms with Crippen LogP contribution in [0.25, 0.3) is 5.69 Å². The van der Waals surface area contributed by atoms with E-state index in [9.17, 15) is 27.2 Å². The van der Waals surface area contributed by atoms with Crippen LogP contribution in [0.1, 0.15) is 35.1 Å². The van der Waals surface area contributed by atoms with E-state index in [1.165, 1.54) is 15.8 Å². The fourth-order valence-electron chi connectivity index (χ4n) is 5.49. The van der Waals surface area contributed by atoms with E-state index in [-0.39, 0.29) is 42.2 Å². The Kier molecular flexibility index (Phi) is 4.47. The molecule has 3 aliphatic rings. The average Bonchev–Trinajstić information content (AvgIpc) is 3.03. The maximum absolute atomic E-state index is 14.6. The van der Waals surface area contributed by atoms with E-state index >= 15 is 0 Å². The number of hydrogen-bond donors (Lipinski definition) is 0. The standard InChI is InChI=1S/C24H20F4N4O4/c1-13-9-31(12-29-13)17-3-4-18-20(33)30(5-6-32(18)21(17)34)11-23-10-22(23,2)36-19-15(23)7-14(8-16(19)25)35-24(26,27)28/h3-4,7-9,12H,5-6,10-11H2,1-2H3/t22-,23+/m0/s1. The summed E-state index contributed by atoms with van der Waals surface area (Å²) in [5, 5.41) is 0. The minimum Gasteiger partial charge on any atom is -0.483 e. The lowest BCUT2D eigenvalue weighted by atomic mass is 9.92. The van der Waals surface area contributed by atoms with Crippen LogP contribution < -0.4 is 15.0 Å². The van der Waals surface area contributed by atoms with Crippen LogP contribution in [0.5, 0.6) is 11.5 Å². The maximum atomic E-state index is 14.6. The van der Waals surface area contributed by atoms with E-state index in [0.717, 1.165) is 11.8 Å². The van der Waals surface area contributed by atoms with E-state index in [0.29, 0.717) is 18.2 Å². The molecule has 36 heavy (non-hydrogen) atoms. The number of fused-ring (bicyclic) bond motifs is 4. The van der Waals surface area contributed by atoms with Crippen LogP contribution in [0.4, 0.5) is 17.6 Å². The molecular formula is C24H20F4N4O4. The van der Waals surface area contributed by atoms with Crippen molar-refractivity contribution in [3.05, 3.63) is 69.9 Å².